The molecular weight excluding hydrogens is 220 g/mol. The quantitative estimate of drug-likeness (QED) is 0.151. The van der Waals surface area contributed by atoms with E-state index in [4.69, 9.17) is 16.1 Å². The third-order valence-corrected chi connectivity index (χ3v) is 2.21. The van der Waals surface area contributed by atoms with E-state index in [9.17, 15) is 15.3 Å². The second kappa shape index (κ2) is 5.58. The third kappa shape index (κ3) is 2.56. The van der Waals surface area contributed by atoms with Gasteiger partial charge >= 0.3 is 0 Å². The number of ether oxygens (including phenoxy) is 1. The average molecular weight is 232 g/mol. The fraction of sp³-hybridized carbons (Fsp3) is 1.00. The van der Waals surface area contributed by atoms with E-state index in [2.05, 4.69) is 20.4 Å². The molecule has 0 aromatic carbocycles. The van der Waals surface area contributed by atoms with Crippen molar-refractivity contribution in [3.63, 3.8) is 0 Å². The van der Waals surface area contributed by atoms with Crippen molar-refractivity contribution < 1.29 is 20.1 Å². The maximum atomic E-state index is 9.69. The lowest BCUT2D eigenvalue weighted by atomic mass is 9.97. The number of nitrogens with zero attached hydrogens (tertiary/aromatic N) is 5. The number of rotatable bonds is 3. The minimum Gasteiger partial charge on any atom is -0.388 e. The number of aliphatic hydroxyl groups excluding tert-OH is 3. The van der Waals surface area contributed by atoms with E-state index in [0.29, 0.717) is 0 Å². The molecule has 0 radical (unpaired) electrons. The number of aliphatic hydroxyl groups is 3. The van der Waals surface area contributed by atoms with Gasteiger partial charge in [-0.15, -0.1) is 0 Å². The summed E-state index contributed by atoms with van der Waals surface area (Å²) in [6, 6.07) is -1.12. The first-order valence-electron chi connectivity index (χ1n) is 4.42. The molecule has 1 heterocycles. The highest BCUT2D eigenvalue weighted by Crippen LogP contribution is 2.22. The molecule has 0 saturated carbocycles. The summed E-state index contributed by atoms with van der Waals surface area (Å²) < 4.78 is 4.84. The Morgan fingerprint density at radius 3 is 2.56 bits per heavy atom. The first kappa shape index (κ1) is 12.6. The van der Waals surface area contributed by atoms with Gasteiger partial charge in [0.05, 0.1) is 12.6 Å². The summed E-state index contributed by atoms with van der Waals surface area (Å²) in [5.41, 5.74) is 8.12. The summed E-state index contributed by atoms with van der Waals surface area (Å²) in [5, 5.41) is 37.9. The zero-order valence-electron chi connectivity index (χ0n) is 8.16. The molecule has 16 heavy (non-hydrogen) atoms. The monoisotopic (exact) mass is 232 g/mol. The lowest BCUT2D eigenvalue weighted by molar-refractivity contribution is -0.249. The van der Waals surface area contributed by atoms with E-state index in [1.165, 1.54) is 0 Å². The molecule has 1 aliphatic rings. The van der Waals surface area contributed by atoms with Gasteiger partial charge in [0.2, 0.25) is 0 Å². The van der Waals surface area contributed by atoms with Gasteiger partial charge in [0.1, 0.15) is 18.2 Å². The van der Waals surface area contributed by atoms with Crippen LogP contribution in [-0.4, -0.2) is 52.5 Å². The second-order valence-corrected chi connectivity index (χ2v) is 3.18. The zero-order valence-corrected chi connectivity index (χ0v) is 8.16. The van der Waals surface area contributed by atoms with Crippen molar-refractivity contribution in [3.05, 3.63) is 10.4 Å². The van der Waals surface area contributed by atoms with Crippen molar-refractivity contribution >= 4 is 0 Å². The Bertz CT molecular complexity index is 305. The van der Waals surface area contributed by atoms with Crippen molar-refractivity contribution in [1.82, 2.24) is 0 Å². The zero-order chi connectivity index (χ0) is 12.1. The highest BCUT2D eigenvalue weighted by molar-refractivity contribution is 4.93. The van der Waals surface area contributed by atoms with Gasteiger partial charge in [0, 0.05) is 4.91 Å². The molecule has 1 unspecified atom stereocenters. The third-order valence-electron chi connectivity index (χ3n) is 2.21. The molecule has 0 aromatic rings. The van der Waals surface area contributed by atoms with E-state index < -0.39 is 30.6 Å². The van der Waals surface area contributed by atoms with Gasteiger partial charge in [-0.1, -0.05) is 10.3 Å². The Balaban J connectivity index is 2.79. The molecule has 1 rings (SSSR count). The summed E-state index contributed by atoms with van der Waals surface area (Å²) >= 11 is 0. The van der Waals surface area contributed by atoms with Crippen LogP contribution in [0.3, 0.4) is 0 Å². The molecule has 1 saturated heterocycles. The Morgan fingerprint density at radius 1 is 1.31 bits per heavy atom. The molecule has 10 nitrogen and oxygen atoms in total. The summed E-state index contributed by atoms with van der Waals surface area (Å²) in [5.74, 6) is 4.81. The van der Waals surface area contributed by atoms with Gasteiger partial charge in [-0.3, -0.25) is 0 Å². The van der Waals surface area contributed by atoms with E-state index >= 15 is 0 Å². The normalized spacial score (nSPS) is 39.6. The van der Waals surface area contributed by atoms with Gasteiger partial charge in [-0.25, -0.2) is 0 Å². The van der Waals surface area contributed by atoms with Crippen LogP contribution in [0.2, 0.25) is 0 Å². The summed E-state index contributed by atoms with van der Waals surface area (Å²) in [7, 11) is 0. The first-order chi connectivity index (χ1) is 7.61. The fourth-order valence-electron chi connectivity index (χ4n) is 1.41. The van der Waals surface area contributed by atoms with E-state index in [1.807, 2.05) is 0 Å². The summed E-state index contributed by atoms with van der Waals surface area (Å²) in [6.07, 6.45) is -5.22. The second-order valence-electron chi connectivity index (χ2n) is 3.18. The lowest BCUT2D eigenvalue weighted by Gasteiger charge is -2.37. The van der Waals surface area contributed by atoms with E-state index in [-0.39, 0.29) is 6.54 Å². The first-order valence-corrected chi connectivity index (χ1v) is 4.42. The Hall–Kier alpha value is -1.45. The largest absolute Gasteiger partial charge is 0.388 e. The lowest BCUT2D eigenvalue weighted by Crippen LogP contribution is -2.57. The molecule has 5 atom stereocenters. The van der Waals surface area contributed by atoms with Gasteiger partial charge in [-0.05, 0) is 5.53 Å². The van der Waals surface area contributed by atoms with Crippen molar-refractivity contribution in [2.75, 3.05) is 6.54 Å². The smallest absolute Gasteiger partial charge is 0.183 e. The Morgan fingerprint density at radius 2 is 2.00 bits per heavy atom. The molecule has 90 valence electrons. The van der Waals surface area contributed by atoms with Crippen molar-refractivity contribution in [2.24, 2.45) is 21.3 Å². The van der Waals surface area contributed by atoms with Crippen molar-refractivity contribution in [2.45, 2.75) is 30.6 Å². The van der Waals surface area contributed by atoms with Gasteiger partial charge in [-0.2, -0.15) is 5.11 Å². The number of azide groups is 1. The maximum Gasteiger partial charge on any atom is 0.183 e. The molecule has 5 N–H and O–H groups in total. The molecule has 10 heteroatoms. The highest BCUT2D eigenvalue weighted by Gasteiger charge is 2.44. The predicted molar refractivity (Wildman–Crippen MR) is 49.7 cm³/mol. The number of hydrogen-bond donors (Lipinski definition) is 4. The van der Waals surface area contributed by atoms with Crippen LogP contribution in [0.15, 0.2) is 15.5 Å². The minimum atomic E-state index is -1.54. The Labute approximate surface area is 89.9 Å². The molecule has 0 aliphatic carbocycles. The van der Waals surface area contributed by atoms with Crippen LogP contribution in [0, 0.1) is 0 Å². The Kier molecular flexibility index (Phi) is 4.40. The van der Waals surface area contributed by atoms with Crippen molar-refractivity contribution in [1.29, 1.82) is 0 Å². The fourth-order valence-corrected chi connectivity index (χ4v) is 1.41. The number of hydrogen-bond acceptors (Lipinski definition) is 7. The van der Waals surface area contributed by atoms with Crippen LogP contribution in [0.5, 0.6) is 0 Å². The molecule has 0 bridgehead atoms. The van der Waals surface area contributed by atoms with E-state index in [0.717, 1.165) is 0 Å². The summed E-state index contributed by atoms with van der Waals surface area (Å²) in [6.45, 7) is -0.196. The van der Waals surface area contributed by atoms with Crippen LogP contribution in [0.4, 0.5) is 0 Å². The molecule has 0 spiro atoms. The SMILES string of the molecule is [N-]=[N+]=NC[C@@H]1OC(O)[C@H](O)[C@H](N=NN)[C@@H]1O. The average Bonchev–Trinajstić information content (AvgIpc) is 2.27. The van der Waals surface area contributed by atoms with Gasteiger partial charge < -0.3 is 25.9 Å². The maximum absolute atomic E-state index is 9.69. The molecular formula is C6H12N6O4. The predicted octanol–water partition coefficient (Wildman–Crippen LogP) is -1.57. The van der Waals surface area contributed by atoms with Crippen LogP contribution >= 0.6 is 0 Å². The molecule has 0 amide bonds. The summed E-state index contributed by atoms with van der Waals surface area (Å²) in [4.78, 5) is 2.49. The van der Waals surface area contributed by atoms with Crippen LogP contribution in [0.25, 0.3) is 10.4 Å². The van der Waals surface area contributed by atoms with Crippen molar-refractivity contribution in [3.8, 4) is 0 Å². The van der Waals surface area contributed by atoms with Gasteiger partial charge in [0.15, 0.2) is 6.29 Å². The topological polar surface area (TPSA) is 169 Å². The molecule has 1 fully saturated rings. The molecule has 1 aliphatic heterocycles. The van der Waals surface area contributed by atoms with Crippen LogP contribution < -0.4 is 5.84 Å². The standard InChI is InChI=1S/C6H12N6O4/c7-11-9-1-2-4(13)3(10-12-8)5(14)6(15)16-2/h2-6,13-15H,1H2,(H2,8,10)/t2-,3+,4+,5+,6?/m0/s1. The molecule has 0 aromatic heterocycles. The number of nitrogens with two attached hydrogens (primary N) is 1. The van der Waals surface area contributed by atoms with Crippen LogP contribution in [0.1, 0.15) is 0 Å². The van der Waals surface area contributed by atoms with E-state index in [1.54, 1.807) is 0 Å². The highest BCUT2D eigenvalue weighted by atomic mass is 16.6. The van der Waals surface area contributed by atoms with Gasteiger partial charge in [0.25, 0.3) is 0 Å². The van der Waals surface area contributed by atoms with Crippen LogP contribution in [-0.2, 0) is 4.74 Å². The minimum absolute atomic E-state index is 0.196.